The molecule has 2 aromatic carbocycles. The summed E-state index contributed by atoms with van der Waals surface area (Å²) in [6.45, 7) is 9.84. The summed E-state index contributed by atoms with van der Waals surface area (Å²) in [4.78, 5) is 5.90. The first kappa shape index (κ1) is 27.2. The predicted octanol–water partition coefficient (Wildman–Crippen LogP) is 5.63. The molecule has 0 bridgehead atoms. The molecule has 196 valence electrons. The van der Waals surface area contributed by atoms with Crippen LogP contribution < -0.4 is 15.0 Å². The van der Waals surface area contributed by atoms with Crippen LogP contribution in [0.25, 0.3) is 15.6 Å². The average molecular weight is 544 g/mol. The smallest absolute Gasteiger partial charge is 0.188 e. The molecule has 5 rings (SSSR count). The fourth-order valence-electron chi connectivity index (χ4n) is 5.27. The Balaban J connectivity index is 0.00000320. The van der Waals surface area contributed by atoms with Gasteiger partial charge in [-0.25, -0.2) is 4.85 Å². The molecule has 0 saturated carbocycles. The van der Waals surface area contributed by atoms with Crippen molar-refractivity contribution in [2.75, 3.05) is 37.0 Å². The monoisotopic (exact) mass is 543 g/mol. The highest BCUT2D eigenvalue weighted by Crippen LogP contribution is 2.36. The fourth-order valence-corrected chi connectivity index (χ4v) is 5.55. The Hall–Kier alpha value is -2.83. The van der Waals surface area contributed by atoms with Crippen LogP contribution in [-0.4, -0.2) is 54.3 Å². The number of halogens is 2. The lowest BCUT2D eigenvalue weighted by Crippen LogP contribution is -2.38. The van der Waals surface area contributed by atoms with E-state index in [9.17, 15) is 5.11 Å². The van der Waals surface area contributed by atoms with Crippen LogP contribution in [0.4, 0.5) is 17.3 Å². The van der Waals surface area contributed by atoms with Crippen molar-refractivity contribution in [1.82, 2.24) is 10.2 Å². The lowest BCUT2D eigenvalue weighted by Gasteiger charge is -2.35. The van der Waals surface area contributed by atoms with Gasteiger partial charge in [-0.05, 0) is 55.4 Å². The van der Waals surface area contributed by atoms with Gasteiger partial charge >= 0.3 is 0 Å². The van der Waals surface area contributed by atoms with Crippen molar-refractivity contribution in [3.8, 4) is 5.75 Å². The van der Waals surface area contributed by atoms with E-state index in [2.05, 4.69) is 25.3 Å². The number of hydrogen-bond donors (Lipinski definition) is 2. The van der Waals surface area contributed by atoms with Crippen molar-refractivity contribution < 1.29 is 14.6 Å². The van der Waals surface area contributed by atoms with E-state index < -0.39 is 0 Å². The minimum atomic E-state index is -0.00605. The number of aromatic nitrogens is 2. The number of ether oxygens (including phenoxy) is 2. The summed E-state index contributed by atoms with van der Waals surface area (Å²) >= 11 is 6.28. The van der Waals surface area contributed by atoms with Gasteiger partial charge in [0, 0.05) is 30.4 Å². The SMILES string of the molecule is Cl.[C-]#[N+]c1ccc2c(N3CCC(C4CC[C@H](CO)O4)CC3)nnc(NCc3ccc(OC)c(Cl)c3)c2c1. The number of nitrogens with one attached hydrogen (secondary N) is 1. The topological polar surface area (TPSA) is 84.1 Å². The number of nitrogens with zero attached hydrogens (tertiary/aromatic N) is 4. The number of methoxy groups -OCH3 is 1. The molecule has 2 fully saturated rings. The summed E-state index contributed by atoms with van der Waals surface area (Å²) in [5, 5.41) is 24.3. The second-order valence-electron chi connectivity index (χ2n) is 9.42. The molecule has 0 aliphatic carbocycles. The maximum absolute atomic E-state index is 9.39. The number of anilines is 2. The second kappa shape index (κ2) is 12.1. The van der Waals surface area contributed by atoms with Gasteiger partial charge in [0.1, 0.15) is 5.75 Å². The Labute approximate surface area is 228 Å². The summed E-state index contributed by atoms with van der Waals surface area (Å²) in [6.07, 6.45) is 4.24. The zero-order valence-electron chi connectivity index (χ0n) is 20.7. The number of rotatable bonds is 7. The van der Waals surface area contributed by atoms with E-state index in [0.717, 1.165) is 60.9 Å². The van der Waals surface area contributed by atoms with Crippen LogP contribution in [0.2, 0.25) is 5.02 Å². The molecule has 3 aromatic rings. The molecular weight excluding hydrogens is 513 g/mol. The minimum absolute atomic E-state index is 0. The minimum Gasteiger partial charge on any atom is -0.495 e. The first-order valence-corrected chi connectivity index (χ1v) is 12.7. The highest BCUT2D eigenvalue weighted by molar-refractivity contribution is 6.32. The summed E-state index contributed by atoms with van der Waals surface area (Å²) < 4.78 is 11.3. The van der Waals surface area contributed by atoms with Crippen molar-refractivity contribution in [2.24, 2.45) is 5.92 Å². The first-order valence-electron chi connectivity index (χ1n) is 12.3. The van der Waals surface area contributed by atoms with Crippen molar-refractivity contribution >= 4 is 52.1 Å². The van der Waals surface area contributed by atoms with Gasteiger partial charge in [-0.2, -0.15) is 0 Å². The molecule has 0 spiro atoms. The third-order valence-corrected chi connectivity index (χ3v) is 7.55. The quantitative estimate of drug-likeness (QED) is 0.373. The van der Waals surface area contributed by atoms with Crippen molar-refractivity contribution in [2.45, 2.75) is 44.4 Å². The number of aliphatic hydroxyl groups is 1. The van der Waals surface area contributed by atoms with E-state index in [4.69, 9.17) is 27.6 Å². The summed E-state index contributed by atoms with van der Waals surface area (Å²) in [7, 11) is 1.59. The van der Waals surface area contributed by atoms with Gasteiger partial charge in [0.05, 0.1) is 37.5 Å². The van der Waals surface area contributed by atoms with Gasteiger partial charge in [-0.15, -0.1) is 22.6 Å². The number of benzene rings is 2. The van der Waals surface area contributed by atoms with E-state index in [1.807, 2.05) is 36.4 Å². The molecule has 8 nitrogen and oxygen atoms in total. The number of fused-ring (bicyclic) bond motifs is 1. The van der Waals surface area contributed by atoms with E-state index >= 15 is 0 Å². The van der Waals surface area contributed by atoms with Crippen LogP contribution in [0, 0.1) is 12.5 Å². The Bertz CT molecular complexity index is 1280. The van der Waals surface area contributed by atoms with Gasteiger partial charge in [-0.3, -0.25) is 0 Å². The zero-order chi connectivity index (χ0) is 25.1. The lowest BCUT2D eigenvalue weighted by atomic mass is 9.89. The fraction of sp³-hybridized carbons (Fsp3) is 0.444. The van der Waals surface area contributed by atoms with Crippen molar-refractivity contribution in [1.29, 1.82) is 0 Å². The maximum Gasteiger partial charge on any atom is 0.188 e. The molecule has 0 radical (unpaired) electrons. The molecule has 1 unspecified atom stereocenters. The molecule has 3 heterocycles. The molecular formula is C27H31Cl2N5O3. The molecule has 2 saturated heterocycles. The van der Waals surface area contributed by atoms with Crippen LogP contribution in [0.5, 0.6) is 5.75 Å². The van der Waals surface area contributed by atoms with Gasteiger partial charge in [0.15, 0.2) is 17.3 Å². The Morgan fingerprint density at radius 2 is 1.95 bits per heavy atom. The summed E-state index contributed by atoms with van der Waals surface area (Å²) in [6, 6.07) is 11.3. The maximum atomic E-state index is 9.39. The molecule has 10 heteroatoms. The largest absolute Gasteiger partial charge is 0.495 e. The normalized spacial score (nSPS) is 19.9. The van der Waals surface area contributed by atoms with Crippen LogP contribution in [0.3, 0.4) is 0 Å². The first-order chi connectivity index (χ1) is 17.6. The van der Waals surface area contributed by atoms with E-state index in [-0.39, 0.29) is 31.2 Å². The molecule has 37 heavy (non-hydrogen) atoms. The number of aliphatic hydroxyl groups excluding tert-OH is 1. The molecule has 2 atom stereocenters. The van der Waals surface area contributed by atoms with Crippen LogP contribution in [-0.2, 0) is 11.3 Å². The third-order valence-electron chi connectivity index (χ3n) is 7.26. The summed E-state index contributed by atoms with van der Waals surface area (Å²) in [5.74, 6) is 2.62. The lowest BCUT2D eigenvalue weighted by molar-refractivity contribution is -0.0191. The molecule has 2 N–H and O–H groups in total. The second-order valence-corrected chi connectivity index (χ2v) is 9.82. The highest BCUT2D eigenvalue weighted by Gasteiger charge is 2.34. The third kappa shape index (κ3) is 5.86. The summed E-state index contributed by atoms with van der Waals surface area (Å²) in [5.41, 5.74) is 1.55. The zero-order valence-corrected chi connectivity index (χ0v) is 22.3. The van der Waals surface area contributed by atoms with Gasteiger partial charge < -0.3 is 24.8 Å². The standard InChI is InChI=1S/C27H30ClN5O3.ClH/c1-29-19-4-6-21-22(14-19)26(30-15-17-3-7-25(35-2)23(28)13-17)31-32-27(21)33-11-9-18(10-12-33)24-8-5-20(16-34)36-24;/h3-4,6-7,13-14,18,20,24,34H,5,8-12,15-16H2,2H3,(H,30,31);1H/t20-,24?;/m1./s1. The average Bonchev–Trinajstić information content (AvgIpc) is 3.41. The van der Waals surface area contributed by atoms with Crippen LogP contribution >= 0.6 is 24.0 Å². The molecule has 0 amide bonds. The Morgan fingerprint density at radius 3 is 2.62 bits per heavy atom. The molecule has 1 aromatic heterocycles. The number of hydrogen-bond acceptors (Lipinski definition) is 7. The van der Waals surface area contributed by atoms with E-state index in [0.29, 0.717) is 34.7 Å². The van der Waals surface area contributed by atoms with Gasteiger partial charge in [0.2, 0.25) is 0 Å². The van der Waals surface area contributed by atoms with Crippen LogP contribution in [0.1, 0.15) is 31.2 Å². The van der Waals surface area contributed by atoms with Crippen molar-refractivity contribution in [3.05, 3.63) is 58.4 Å². The highest BCUT2D eigenvalue weighted by atomic mass is 35.5. The van der Waals surface area contributed by atoms with Crippen LogP contribution in [0.15, 0.2) is 36.4 Å². The number of piperidine rings is 1. The van der Waals surface area contributed by atoms with Gasteiger partial charge in [0.25, 0.3) is 0 Å². The van der Waals surface area contributed by atoms with E-state index in [1.165, 1.54) is 0 Å². The Morgan fingerprint density at radius 1 is 1.14 bits per heavy atom. The van der Waals surface area contributed by atoms with Crippen molar-refractivity contribution in [3.63, 3.8) is 0 Å². The molecule has 2 aliphatic heterocycles. The molecule has 2 aliphatic rings. The van der Waals surface area contributed by atoms with Gasteiger partial charge in [-0.1, -0.05) is 29.8 Å². The Kier molecular flexibility index (Phi) is 8.93. The van der Waals surface area contributed by atoms with E-state index in [1.54, 1.807) is 7.11 Å². The predicted molar refractivity (Wildman–Crippen MR) is 148 cm³/mol.